The Hall–Kier alpha value is -3.27. The molecular weight excluding hydrogens is 366 g/mol. The van der Waals surface area contributed by atoms with Gasteiger partial charge in [0.05, 0.1) is 5.69 Å². The van der Waals surface area contributed by atoms with Gasteiger partial charge in [0.2, 0.25) is 5.91 Å². The van der Waals surface area contributed by atoms with Crippen molar-refractivity contribution in [1.82, 2.24) is 4.98 Å². The second-order valence-electron chi connectivity index (χ2n) is 6.82. The molecule has 146 valence electrons. The highest BCUT2D eigenvalue weighted by Gasteiger charge is 2.30. The summed E-state index contributed by atoms with van der Waals surface area (Å²) in [6, 6.07) is 7.83. The van der Waals surface area contributed by atoms with E-state index in [-0.39, 0.29) is 18.5 Å². The van der Waals surface area contributed by atoms with E-state index in [9.17, 15) is 18.4 Å². The van der Waals surface area contributed by atoms with Crippen molar-refractivity contribution in [3.05, 3.63) is 59.9 Å². The number of imide groups is 1. The Balaban J connectivity index is 2.19. The summed E-state index contributed by atoms with van der Waals surface area (Å²) >= 11 is 0. The molecule has 0 aliphatic heterocycles. The lowest BCUT2D eigenvalue weighted by atomic mass is 10.2. The number of carbonyl (C=O) groups is 2. The van der Waals surface area contributed by atoms with E-state index in [1.165, 1.54) is 0 Å². The zero-order valence-electron chi connectivity index (χ0n) is 15.8. The van der Waals surface area contributed by atoms with Gasteiger partial charge in [-0.3, -0.25) is 4.79 Å². The molecule has 5 nitrogen and oxygen atoms in total. The number of nitrogens with zero attached hydrogens (tertiary/aromatic N) is 2. The fourth-order valence-electron chi connectivity index (χ4n) is 2.18. The molecule has 0 radical (unpaired) electrons. The lowest BCUT2D eigenvalue weighted by Crippen LogP contribution is -2.41. The normalized spacial score (nSPS) is 10.6. The van der Waals surface area contributed by atoms with E-state index in [0.29, 0.717) is 16.7 Å². The second-order valence-corrected chi connectivity index (χ2v) is 6.82. The lowest BCUT2D eigenvalue weighted by molar-refractivity contribution is -0.118. The SMILES string of the molecule is CC(C)(C)OC(=O)N(C(=O)CCC#Cc1ccccn1)c1ccc(F)cc1F. The van der Waals surface area contributed by atoms with Crippen LogP contribution in [0, 0.1) is 23.5 Å². The van der Waals surface area contributed by atoms with Crippen molar-refractivity contribution < 1.29 is 23.1 Å². The molecule has 0 bridgehead atoms. The zero-order valence-corrected chi connectivity index (χ0v) is 15.8. The molecule has 0 fully saturated rings. The lowest BCUT2D eigenvalue weighted by Gasteiger charge is -2.26. The van der Waals surface area contributed by atoms with Gasteiger partial charge in [-0.1, -0.05) is 12.0 Å². The Bertz CT molecular complexity index is 913. The summed E-state index contributed by atoms with van der Waals surface area (Å²) in [6.45, 7) is 4.85. The molecule has 0 aliphatic carbocycles. The summed E-state index contributed by atoms with van der Waals surface area (Å²) in [5.74, 6) is 3.00. The number of pyridine rings is 1. The van der Waals surface area contributed by atoms with Crippen LogP contribution in [-0.4, -0.2) is 22.6 Å². The Morgan fingerprint density at radius 2 is 1.93 bits per heavy atom. The number of hydrogen-bond acceptors (Lipinski definition) is 4. The second kappa shape index (κ2) is 9.09. The van der Waals surface area contributed by atoms with Crippen LogP contribution in [0.3, 0.4) is 0 Å². The predicted octanol–water partition coefficient (Wildman–Crippen LogP) is 4.46. The standard InChI is InChI=1S/C21H20F2N2O3/c1-21(2,3)28-20(27)25(18-12-11-15(22)14-17(18)23)19(26)10-5-4-8-16-9-6-7-13-24-16/h6-7,9,11-14H,5,10H2,1-3H3. The van der Waals surface area contributed by atoms with Gasteiger partial charge in [-0.15, -0.1) is 0 Å². The summed E-state index contributed by atoms with van der Waals surface area (Å²) in [7, 11) is 0. The number of carbonyl (C=O) groups excluding carboxylic acids is 2. The Labute approximate surface area is 162 Å². The third-order valence-corrected chi connectivity index (χ3v) is 3.32. The van der Waals surface area contributed by atoms with E-state index in [0.717, 1.165) is 12.1 Å². The van der Waals surface area contributed by atoms with Crippen LogP contribution in [0.4, 0.5) is 19.3 Å². The largest absolute Gasteiger partial charge is 0.443 e. The number of amides is 2. The molecule has 1 heterocycles. The predicted molar refractivity (Wildman–Crippen MR) is 100 cm³/mol. The van der Waals surface area contributed by atoms with Gasteiger partial charge in [-0.05, 0) is 51.0 Å². The fourth-order valence-corrected chi connectivity index (χ4v) is 2.18. The molecule has 0 aliphatic rings. The minimum atomic E-state index is -1.04. The zero-order chi connectivity index (χ0) is 20.7. The first kappa shape index (κ1) is 21.0. The minimum absolute atomic E-state index is 0.123. The molecule has 0 unspecified atom stereocenters. The maximum absolute atomic E-state index is 14.2. The minimum Gasteiger partial charge on any atom is -0.443 e. The van der Waals surface area contributed by atoms with Gasteiger partial charge in [-0.2, -0.15) is 0 Å². The number of halogens is 2. The van der Waals surface area contributed by atoms with E-state index < -0.39 is 29.2 Å². The average molecular weight is 386 g/mol. The number of aromatic nitrogens is 1. The molecule has 0 saturated carbocycles. The topological polar surface area (TPSA) is 59.5 Å². The molecule has 2 rings (SSSR count). The Morgan fingerprint density at radius 1 is 1.18 bits per heavy atom. The van der Waals surface area contributed by atoms with Gasteiger partial charge in [0.1, 0.15) is 22.9 Å². The average Bonchev–Trinajstić information content (AvgIpc) is 2.60. The molecule has 2 amide bonds. The van der Waals surface area contributed by atoms with Crippen molar-refractivity contribution in [1.29, 1.82) is 0 Å². The molecule has 0 saturated heterocycles. The molecule has 0 N–H and O–H groups in total. The van der Waals surface area contributed by atoms with Gasteiger partial charge < -0.3 is 4.74 Å². The summed E-state index contributed by atoms with van der Waals surface area (Å²) in [5.41, 5.74) is -0.730. The van der Waals surface area contributed by atoms with E-state index in [4.69, 9.17) is 4.74 Å². The fraction of sp³-hybridized carbons (Fsp3) is 0.286. The molecule has 0 atom stereocenters. The third kappa shape index (κ3) is 6.16. The maximum atomic E-state index is 14.2. The Kier molecular flexibility index (Phi) is 6.83. The molecule has 1 aromatic heterocycles. The van der Waals surface area contributed by atoms with Crippen LogP contribution in [0.25, 0.3) is 0 Å². The number of benzene rings is 1. The van der Waals surface area contributed by atoms with Crippen molar-refractivity contribution in [3.8, 4) is 11.8 Å². The number of anilines is 1. The summed E-state index contributed by atoms with van der Waals surface area (Å²) in [6.07, 6.45) is 0.519. The number of rotatable bonds is 3. The monoisotopic (exact) mass is 386 g/mol. The highest BCUT2D eigenvalue weighted by Crippen LogP contribution is 2.24. The quantitative estimate of drug-likeness (QED) is 0.731. The summed E-state index contributed by atoms with van der Waals surface area (Å²) in [4.78, 5) is 29.7. The highest BCUT2D eigenvalue weighted by molar-refractivity contribution is 6.12. The molecule has 2 aromatic rings. The van der Waals surface area contributed by atoms with Crippen molar-refractivity contribution in [2.24, 2.45) is 0 Å². The van der Waals surface area contributed by atoms with E-state index in [1.807, 2.05) is 0 Å². The van der Waals surface area contributed by atoms with E-state index in [2.05, 4.69) is 16.8 Å². The van der Waals surface area contributed by atoms with E-state index in [1.54, 1.807) is 45.2 Å². The van der Waals surface area contributed by atoms with Crippen LogP contribution in [0.1, 0.15) is 39.3 Å². The van der Waals surface area contributed by atoms with Gasteiger partial charge in [0.25, 0.3) is 0 Å². The summed E-state index contributed by atoms with van der Waals surface area (Å²) in [5, 5.41) is 0. The molecule has 0 spiro atoms. The van der Waals surface area contributed by atoms with Crippen LogP contribution in [0.5, 0.6) is 0 Å². The molecule has 28 heavy (non-hydrogen) atoms. The van der Waals surface area contributed by atoms with Gasteiger partial charge >= 0.3 is 6.09 Å². The van der Waals surface area contributed by atoms with Crippen LogP contribution in [0.2, 0.25) is 0 Å². The van der Waals surface area contributed by atoms with Crippen molar-refractivity contribution in [3.63, 3.8) is 0 Å². The van der Waals surface area contributed by atoms with Crippen molar-refractivity contribution in [2.75, 3.05) is 4.90 Å². The number of ether oxygens (including phenoxy) is 1. The van der Waals surface area contributed by atoms with Crippen LogP contribution >= 0.6 is 0 Å². The van der Waals surface area contributed by atoms with Crippen molar-refractivity contribution >= 4 is 17.7 Å². The molecular formula is C21H20F2N2O3. The van der Waals surface area contributed by atoms with Crippen molar-refractivity contribution in [2.45, 2.75) is 39.2 Å². The first-order valence-corrected chi connectivity index (χ1v) is 8.58. The van der Waals surface area contributed by atoms with Crippen LogP contribution in [0.15, 0.2) is 42.6 Å². The van der Waals surface area contributed by atoms with E-state index >= 15 is 0 Å². The highest BCUT2D eigenvalue weighted by atomic mass is 19.1. The maximum Gasteiger partial charge on any atom is 0.421 e. The number of hydrogen-bond donors (Lipinski definition) is 0. The summed E-state index contributed by atoms with van der Waals surface area (Å²) < 4.78 is 32.6. The Morgan fingerprint density at radius 3 is 2.54 bits per heavy atom. The third-order valence-electron chi connectivity index (χ3n) is 3.32. The van der Waals surface area contributed by atoms with Gasteiger partial charge in [0, 0.05) is 25.1 Å². The van der Waals surface area contributed by atoms with Crippen LogP contribution < -0.4 is 4.90 Å². The first-order chi connectivity index (χ1) is 13.2. The van der Waals surface area contributed by atoms with Crippen LogP contribution in [-0.2, 0) is 9.53 Å². The smallest absolute Gasteiger partial charge is 0.421 e. The van der Waals surface area contributed by atoms with Gasteiger partial charge in [-0.25, -0.2) is 23.5 Å². The van der Waals surface area contributed by atoms with Gasteiger partial charge in [0.15, 0.2) is 0 Å². The first-order valence-electron chi connectivity index (χ1n) is 8.58. The molecule has 1 aromatic carbocycles. The molecule has 7 heteroatoms.